The summed E-state index contributed by atoms with van der Waals surface area (Å²) in [5.41, 5.74) is 3.05. The molecule has 0 saturated carbocycles. The topological polar surface area (TPSA) is 12.0 Å². The summed E-state index contributed by atoms with van der Waals surface area (Å²) in [4.78, 5) is 0. The zero-order valence-electron chi connectivity index (χ0n) is 9.50. The number of nitrogens with one attached hydrogen (secondary N) is 1. The molecule has 0 saturated heterocycles. The zero-order chi connectivity index (χ0) is 12.3. The average molecular weight is 250 g/mol. The zero-order valence-corrected chi connectivity index (χ0v) is 10.3. The molecule has 0 spiro atoms. The van der Waals surface area contributed by atoms with E-state index in [9.17, 15) is 4.39 Å². The van der Waals surface area contributed by atoms with Crippen molar-refractivity contribution in [3.8, 4) is 0 Å². The molecular weight excluding hydrogens is 237 g/mol. The van der Waals surface area contributed by atoms with Crippen LogP contribution in [0.4, 0.5) is 10.1 Å². The summed E-state index contributed by atoms with van der Waals surface area (Å²) in [6, 6.07) is 12.2. The van der Waals surface area contributed by atoms with Gasteiger partial charge in [-0.25, -0.2) is 4.39 Å². The van der Waals surface area contributed by atoms with Crippen LogP contribution in [0.3, 0.4) is 0 Å². The van der Waals surface area contributed by atoms with E-state index in [1.165, 1.54) is 12.1 Å². The number of aryl methyl sites for hydroxylation is 1. The fourth-order valence-corrected chi connectivity index (χ4v) is 1.94. The fourth-order valence-electron chi connectivity index (χ4n) is 1.65. The van der Waals surface area contributed by atoms with Crippen LogP contribution in [0.1, 0.15) is 11.1 Å². The lowest BCUT2D eigenvalue weighted by Crippen LogP contribution is -2.01. The number of rotatable bonds is 3. The fraction of sp³-hybridized carbons (Fsp3) is 0.143. The maximum atomic E-state index is 12.7. The summed E-state index contributed by atoms with van der Waals surface area (Å²) in [6.45, 7) is 2.63. The average Bonchev–Trinajstić information content (AvgIpc) is 2.31. The summed E-state index contributed by atoms with van der Waals surface area (Å²) in [5.74, 6) is -0.220. The van der Waals surface area contributed by atoms with Gasteiger partial charge in [-0.2, -0.15) is 0 Å². The third-order valence-electron chi connectivity index (χ3n) is 2.60. The Bertz CT molecular complexity index is 488. The second kappa shape index (κ2) is 5.19. The molecule has 0 heterocycles. The second-order valence-electron chi connectivity index (χ2n) is 3.91. The van der Waals surface area contributed by atoms with Gasteiger partial charge in [0, 0.05) is 6.54 Å². The molecule has 0 aliphatic rings. The van der Waals surface area contributed by atoms with E-state index in [-0.39, 0.29) is 5.82 Å². The summed E-state index contributed by atoms with van der Waals surface area (Å²) in [7, 11) is 0. The van der Waals surface area contributed by atoms with E-state index in [0.717, 1.165) is 16.8 Å². The molecule has 2 aromatic carbocycles. The number of benzene rings is 2. The molecule has 1 N–H and O–H groups in total. The quantitative estimate of drug-likeness (QED) is 0.850. The van der Waals surface area contributed by atoms with Crippen molar-refractivity contribution < 1.29 is 4.39 Å². The Hall–Kier alpha value is -1.54. The molecule has 17 heavy (non-hydrogen) atoms. The molecule has 0 aliphatic carbocycles. The molecular formula is C14H13ClFN. The molecule has 0 bridgehead atoms. The first-order valence-electron chi connectivity index (χ1n) is 5.40. The number of hydrogen-bond acceptors (Lipinski definition) is 1. The lowest BCUT2D eigenvalue weighted by molar-refractivity contribution is 0.627. The van der Waals surface area contributed by atoms with Gasteiger partial charge < -0.3 is 5.32 Å². The highest BCUT2D eigenvalue weighted by molar-refractivity contribution is 6.33. The van der Waals surface area contributed by atoms with Crippen LogP contribution in [-0.4, -0.2) is 0 Å². The summed E-state index contributed by atoms with van der Waals surface area (Å²) >= 11 is 6.10. The highest BCUT2D eigenvalue weighted by Crippen LogP contribution is 2.25. The van der Waals surface area contributed by atoms with Crippen molar-refractivity contribution in [3.63, 3.8) is 0 Å². The predicted molar refractivity (Wildman–Crippen MR) is 69.9 cm³/mol. The van der Waals surface area contributed by atoms with Crippen molar-refractivity contribution in [2.45, 2.75) is 13.5 Å². The van der Waals surface area contributed by atoms with Gasteiger partial charge in [0.15, 0.2) is 0 Å². The standard InChI is InChI=1S/C14H13ClFN/c1-10-3-2-4-13(15)14(10)17-9-11-5-7-12(16)8-6-11/h2-8,17H,9H2,1H3. The molecule has 0 aliphatic heterocycles. The molecule has 3 heteroatoms. The van der Waals surface area contributed by atoms with Gasteiger partial charge in [0.05, 0.1) is 10.7 Å². The van der Waals surface area contributed by atoms with E-state index < -0.39 is 0 Å². The molecule has 0 fully saturated rings. The third kappa shape index (κ3) is 2.98. The monoisotopic (exact) mass is 249 g/mol. The highest BCUT2D eigenvalue weighted by Gasteiger charge is 2.02. The van der Waals surface area contributed by atoms with Gasteiger partial charge in [-0.15, -0.1) is 0 Å². The Morgan fingerprint density at radius 3 is 2.47 bits per heavy atom. The Labute approximate surface area is 105 Å². The van der Waals surface area contributed by atoms with Crippen LogP contribution in [0.25, 0.3) is 0 Å². The van der Waals surface area contributed by atoms with Gasteiger partial charge in [-0.1, -0.05) is 35.9 Å². The van der Waals surface area contributed by atoms with Gasteiger partial charge in [0.1, 0.15) is 5.82 Å². The van der Waals surface area contributed by atoms with E-state index in [1.54, 1.807) is 12.1 Å². The number of anilines is 1. The number of halogens is 2. The first kappa shape index (κ1) is 11.9. The van der Waals surface area contributed by atoms with Gasteiger partial charge in [-0.3, -0.25) is 0 Å². The van der Waals surface area contributed by atoms with E-state index in [4.69, 9.17) is 11.6 Å². The summed E-state index contributed by atoms with van der Waals surface area (Å²) in [6.07, 6.45) is 0. The Morgan fingerprint density at radius 2 is 1.82 bits per heavy atom. The molecule has 0 aromatic heterocycles. The summed E-state index contributed by atoms with van der Waals surface area (Å²) in [5, 5.41) is 3.96. The minimum Gasteiger partial charge on any atom is -0.380 e. The van der Waals surface area contributed by atoms with Gasteiger partial charge >= 0.3 is 0 Å². The molecule has 0 unspecified atom stereocenters. The SMILES string of the molecule is Cc1cccc(Cl)c1NCc1ccc(F)cc1. The van der Waals surface area contributed by atoms with E-state index in [1.807, 2.05) is 25.1 Å². The van der Waals surface area contributed by atoms with E-state index in [0.29, 0.717) is 11.6 Å². The lowest BCUT2D eigenvalue weighted by atomic mass is 10.1. The lowest BCUT2D eigenvalue weighted by Gasteiger charge is -2.11. The number of para-hydroxylation sites is 1. The van der Waals surface area contributed by atoms with Gasteiger partial charge in [-0.05, 0) is 36.2 Å². The minimum absolute atomic E-state index is 0.220. The smallest absolute Gasteiger partial charge is 0.123 e. The van der Waals surface area contributed by atoms with Crippen molar-refractivity contribution in [1.29, 1.82) is 0 Å². The largest absolute Gasteiger partial charge is 0.380 e. The number of hydrogen-bond donors (Lipinski definition) is 1. The first-order valence-corrected chi connectivity index (χ1v) is 5.78. The first-order chi connectivity index (χ1) is 8.16. The van der Waals surface area contributed by atoms with Crippen molar-refractivity contribution in [2.75, 3.05) is 5.32 Å². The molecule has 1 nitrogen and oxygen atoms in total. The van der Waals surface area contributed by atoms with E-state index >= 15 is 0 Å². The van der Waals surface area contributed by atoms with Crippen molar-refractivity contribution in [1.82, 2.24) is 0 Å². The highest BCUT2D eigenvalue weighted by atomic mass is 35.5. The molecule has 0 amide bonds. The molecule has 2 aromatic rings. The van der Waals surface area contributed by atoms with Crippen molar-refractivity contribution in [3.05, 3.63) is 64.4 Å². The van der Waals surface area contributed by atoms with Crippen LogP contribution >= 0.6 is 11.6 Å². The van der Waals surface area contributed by atoms with Crippen molar-refractivity contribution in [2.24, 2.45) is 0 Å². The minimum atomic E-state index is -0.220. The maximum Gasteiger partial charge on any atom is 0.123 e. The van der Waals surface area contributed by atoms with Gasteiger partial charge in [0.25, 0.3) is 0 Å². The third-order valence-corrected chi connectivity index (χ3v) is 2.92. The van der Waals surface area contributed by atoms with Crippen LogP contribution in [0.2, 0.25) is 5.02 Å². The molecule has 2 rings (SSSR count). The van der Waals surface area contributed by atoms with Crippen LogP contribution < -0.4 is 5.32 Å². The van der Waals surface area contributed by atoms with Crippen LogP contribution in [0.15, 0.2) is 42.5 Å². The molecule has 0 atom stereocenters. The van der Waals surface area contributed by atoms with Crippen molar-refractivity contribution >= 4 is 17.3 Å². The Balaban J connectivity index is 2.10. The van der Waals surface area contributed by atoms with Crippen LogP contribution in [0.5, 0.6) is 0 Å². The Morgan fingerprint density at radius 1 is 1.12 bits per heavy atom. The second-order valence-corrected chi connectivity index (χ2v) is 4.32. The molecule has 88 valence electrons. The normalized spacial score (nSPS) is 10.3. The predicted octanol–water partition coefficient (Wildman–Crippen LogP) is 4.40. The molecule has 0 radical (unpaired) electrons. The van der Waals surface area contributed by atoms with Crippen LogP contribution in [-0.2, 0) is 6.54 Å². The Kier molecular flexibility index (Phi) is 3.64. The van der Waals surface area contributed by atoms with Gasteiger partial charge in [0.2, 0.25) is 0 Å². The summed E-state index contributed by atoms with van der Waals surface area (Å²) < 4.78 is 12.7. The van der Waals surface area contributed by atoms with Crippen LogP contribution in [0, 0.1) is 12.7 Å². The van der Waals surface area contributed by atoms with E-state index in [2.05, 4.69) is 5.32 Å². The maximum absolute atomic E-state index is 12.7.